The molecule has 0 unspecified atom stereocenters. The Bertz CT molecular complexity index is 1050. The minimum absolute atomic E-state index is 0.277. The lowest BCUT2D eigenvalue weighted by molar-refractivity contribution is 0.355. The molecule has 0 spiro atoms. The smallest absolute Gasteiger partial charge is 0.161 e. The van der Waals surface area contributed by atoms with Crippen LogP contribution in [0, 0.1) is 0 Å². The fourth-order valence-electron chi connectivity index (χ4n) is 3.29. The van der Waals surface area contributed by atoms with Gasteiger partial charge in [0.25, 0.3) is 0 Å². The van der Waals surface area contributed by atoms with Gasteiger partial charge >= 0.3 is 0 Å². The van der Waals surface area contributed by atoms with Gasteiger partial charge in [0.05, 0.1) is 40.0 Å². The molecule has 0 atom stereocenters. The van der Waals surface area contributed by atoms with Gasteiger partial charge in [-0.1, -0.05) is 24.3 Å². The molecule has 0 aliphatic heterocycles. The Labute approximate surface area is 188 Å². The summed E-state index contributed by atoms with van der Waals surface area (Å²) in [6.45, 7) is 0. The number of anilines is 1. The van der Waals surface area contributed by atoms with Gasteiger partial charge in [-0.15, -0.1) is 11.6 Å². The van der Waals surface area contributed by atoms with Gasteiger partial charge in [0.1, 0.15) is 0 Å². The van der Waals surface area contributed by atoms with E-state index in [-0.39, 0.29) is 5.88 Å². The molecule has 6 heteroatoms. The predicted octanol–water partition coefficient (Wildman–Crippen LogP) is 5.94. The van der Waals surface area contributed by atoms with Gasteiger partial charge in [-0.2, -0.15) is 0 Å². The molecular weight excluding hydrogens is 414 g/mol. The van der Waals surface area contributed by atoms with Crippen LogP contribution in [0.4, 0.5) is 5.69 Å². The Hall–Kier alpha value is -3.31. The normalized spacial score (nSPS) is 11.4. The first-order chi connectivity index (χ1) is 15.1. The fourth-order valence-corrected chi connectivity index (χ4v) is 3.58. The maximum Gasteiger partial charge on any atom is 0.161 e. The topological polar surface area (TPSA) is 49.0 Å². The fraction of sp³-hybridized carbons (Fsp3) is 0.200. The van der Waals surface area contributed by atoms with Gasteiger partial charge in [-0.3, -0.25) is 0 Å². The molecule has 0 aliphatic carbocycles. The maximum atomic E-state index is 6.49. The second kappa shape index (κ2) is 10.6. The molecule has 0 saturated carbocycles. The summed E-state index contributed by atoms with van der Waals surface area (Å²) in [7, 11) is 6.46. The molecule has 0 radical (unpaired) electrons. The van der Waals surface area contributed by atoms with Gasteiger partial charge in [0.15, 0.2) is 23.0 Å². The number of halogens is 1. The molecule has 0 saturated heterocycles. The van der Waals surface area contributed by atoms with E-state index in [4.69, 9.17) is 30.5 Å². The van der Waals surface area contributed by atoms with Crippen LogP contribution in [0.3, 0.4) is 0 Å². The Morgan fingerprint density at radius 3 is 1.71 bits per heavy atom. The maximum absolute atomic E-state index is 6.49. The molecular formula is C25H26ClNO4. The molecule has 0 bridgehead atoms. The van der Waals surface area contributed by atoms with E-state index in [2.05, 4.69) is 5.32 Å². The van der Waals surface area contributed by atoms with Gasteiger partial charge in [-0.25, -0.2) is 0 Å². The molecule has 3 aromatic carbocycles. The zero-order valence-electron chi connectivity index (χ0n) is 18.1. The van der Waals surface area contributed by atoms with E-state index in [9.17, 15) is 0 Å². The van der Waals surface area contributed by atoms with Crippen LogP contribution >= 0.6 is 11.6 Å². The molecule has 0 aromatic heterocycles. The monoisotopic (exact) mass is 439 g/mol. The summed E-state index contributed by atoms with van der Waals surface area (Å²) in [6, 6.07) is 21.5. The highest BCUT2D eigenvalue weighted by atomic mass is 35.5. The number of para-hydroxylation sites is 1. The van der Waals surface area contributed by atoms with Crippen molar-refractivity contribution < 1.29 is 18.9 Å². The van der Waals surface area contributed by atoms with Crippen molar-refractivity contribution in [3.8, 4) is 23.0 Å². The predicted molar refractivity (Wildman–Crippen MR) is 127 cm³/mol. The van der Waals surface area contributed by atoms with Gasteiger partial charge < -0.3 is 24.3 Å². The highest BCUT2D eigenvalue weighted by Crippen LogP contribution is 2.37. The first-order valence-electron chi connectivity index (χ1n) is 9.71. The van der Waals surface area contributed by atoms with Crippen molar-refractivity contribution >= 4 is 28.6 Å². The lowest BCUT2D eigenvalue weighted by Crippen LogP contribution is -2.05. The molecule has 3 rings (SSSR count). The summed E-state index contributed by atoms with van der Waals surface area (Å²) in [5.41, 5.74) is 4.52. The Morgan fingerprint density at radius 2 is 1.19 bits per heavy atom. The van der Waals surface area contributed by atoms with Crippen molar-refractivity contribution in [3.05, 3.63) is 77.9 Å². The van der Waals surface area contributed by atoms with Gasteiger partial charge in [0, 0.05) is 11.3 Å². The quantitative estimate of drug-likeness (QED) is 0.330. The first kappa shape index (κ1) is 22.4. The molecule has 162 valence electrons. The minimum atomic E-state index is 0.277. The second-order valence-corrected chi connectivity index (χ2v) is 6.88. The highest BCUT2D eigenvalue weighted by molar-refractivity contribution is 6.25. The summed E-state index contributed by atoms with van der Waals surface area (Å²) in [6.07, 6.45) is 0. The van der Waals surface area contributed by atoms with Gasteiger partial charge in [-0.05, 0) is 53.6 Å². The number of benzene rings is 3. The van der Waals surface area contributed by atoms with E-state index in [1.165, 1.54) is 0 Å². The Morgan fingerprint density at radius 1 is 0.677 bits per heavy atom. The molecule has 0 amide bonds. The zero-order valence-corrected chi connectivity index (χ0v) is 18.8. The lowest BCUT2D eigenvalue weighted by atomic mass is 9.99. The molecule has 31 heavy (non-hydrogen) atoms. The van der Waals surface area contributed by atoms with Crippen LogP contribution < -0.4 is 24.3 Å². The van der Waals surface area contributed by atoms with E-state index < -0.39 is 0 Å². The van der Waals surface area contributed by atoms with Crippen LogP contribution in [-0.2, 0) is 0 Å². The SMILES string of the molecule is COc1ccc(C(CCl)=C(Nc2ccccc2)c2ccc(OC)c(OC)c2)cc1OC. The van der Waals surface area contributed by atoms with Crippen molar-refractivity contribution in [1.82, 2.24) is 0 Å². The van der Waals surface area contributed by atoms with Crippen molar-refractivity contribution in [2.75, 3.05) is 39.6 Å². The number of hydrogen-bond donors (Lipinski definition) is 1. The molecule has 0 aliphatic rings. The number of alkyl halides is 1. The van der Waals surface area contributed by atoms with Crippen LogP contribution in [-0.4, -0.2) is 34.3 Å². The van der Waals surface area contributed by atoms with Crippen molar-refractivity contribution in [2.45, 2.75) is 0 Å². The number of hydrogen-bond acceptors (Lipinski definition) is 5. The second-order valence-electron chi connectivity index (χ2n) is 6.62. The number of methoxy groups -OCH3 is 4. The van der Waals surface area contributed by atoms with Crippen LogP contribution in [0.2, 0.25) is 0 Å². The molecule has 0 fully saturated rings. The zero-order chi connectivity index (χ0) is 22.2. The average Bonchev–Trinajstić information content (AvgIpc) is 2.83. The van der Waals surface area contributed by atoms with Crippen molar-refractivity contribution in [2.24, 2.45) is 0 Å². The van der Waals surface area contributed by atoms with Crippen LogP contribution in [0.5, 0.6) is 23.0 Å². The third-order valence-electron chi connectivity index (χ3n) is 4.88. The summed E-state index contributed by atoms with van der Waals surface area (Å²) in [5, 5.41) is 3.53. The van der Waals surface area contributed by atoms with E-state index in [1.54, 1.807) is 28.4 Å². The summed E-state index contributed by atoms with van der Waals surface area (Å²) >= 11 is 6.49. The molecule has 3 aromatic rings. The average molecular weight is 440 g/mol. The summed E-state index contributed by atoms with van der Waals surface area (Å²) in [4.78, 5) is 0. The van der Waals surface area contributed by atoms with E-state index in [0.29, 0.717) is 23.0 Å². The summed E-state index contributed by atoms with van der Waals surface area (Å²) < 4.78 is 21.8. The first-order valence-corrected chi connectivity index (χ1v) is 10.2. The number of nitrogens with one attached hydrogen (secondary N) is 1. The van der Waals surface area contributed by atoms with E-state index in [1.807, 2.05) is 66.7 Å². The third-order valence-corrected chi connectivity index (χ3v) is 5.15. The Kier molecular flexibility index (Phi) is 7.68. The lowest BCUT2D eigenvalue weighted by Gasteiger charge is -2.19. The summed E-state index contributed by atoms with van der Waals surface area (Å²) in [5.74, 6) is 2.86. The number of ether oxygens (including phenoxy) is 4. The molecule has 5 nitrogen and oxygen atoms in total. The minimum Gasteiger partial charge on any atom is -0.493 e. The molecule has 0 heterocycles. The van der Waals surface area contributed by atoms with Crippen LogP contribution in [0.25, 0.3) is 11.3 Å². The Balaban J connectivity index is 2.21. The largest absolute Gasteiger partial charge is 0.493 e. The standard InChI is InChI=1S/C25H26ClNO4/c1-28-21-12-10-17(14-23(21)30-3)20(16-26)25(27-19-8-6-5-7-9-19)18-11-13-22(29-2)24(15-18)31-4/h5-15,27H,16H2,1-4H3. The van der Waals surface area contributed by atoms with Gasteiger partial charge in [0.2, 0.25) is 0 Å². The van der Waals surface area contributed by atoms with E-state index in [0.717, 1.165) is 28.1 Å². The van der Waals surface area contributed by atoms with Crippen molar-refractivity contribution in [1.29, 1.82) is 0 Å². The third kappa shape index (κ3) is 5.06. The number of allylic oxidation sites excluding steroid dienone is 1. The van der Waals surface area contributed by atoms with Crippen LogP contribution in [0.1, 0.15) is 11.1 Å². The number of rotatable bonds is 9. The van der Waals surface area contributed by atoms with Crippen LogP contribution in [0.15, 0.2) is 66.7 Å². The van der Waals surface area contributed by atoms with Crippen molar-refractivity contribution in [3.63, 3.8) is 0 Å². The molecule has 1 N–H and O–H groups in total. The van der Waals surface area contributed by atoms with E-state index >= 15 is 0 Å². The highest BCUT2D eigenvalue weighted by Gasteiger charge is 2.16.